The molecule has 1 aromatic heterocycles. The number of hydrogen-bond donors (Lipinski definition) is 1. The highest BCUT2D eigenvalue weighted by Gasteiger charge is 2.17. The summed E-state index contributed by atoms with van der Waals surface area (Å²) >= 11 is 3.66. The van der Waals surface area contributed by atoms with E-state index < -0.39 is 6.10 Å². The number of rotatable bonds is 4. The highest BCUT2D eigenvalue weighted by atomic mass is 79.9. The van der Waals surface area contributed by atoms with E-state index in [9.17, 15) is 9.90 Å². The number of aliphatic hydroxyl groups is 1. The number of pyridine rings is 1. The Balaban J connectivity index is 2.22. The third-order valence-corrected chi connectivity index (χ3v) is 4.64. The minimum atomic E-state index is -1.03. The van der Waals surface area contributed by atoms with Crippen molar-refractivity contribution < 1.29 is 9.90 Å². The van der Waals surface area contributed by atoms with Crippen LogP contribution < -0.4 is 0 Å². The van der Waals surface area contributed by atoms with Crippen molar-refractivity contribution in [2.45, 2.75) is 19.4 Å². The Morgan fingerprint density at radius 3 is 2.35 bits per heavy atom. The summed E-state index contributed by atoms with van der Waals surface area (Å²) < 4.78 is 0.917. The zero-order valence-electron chi connectivity index (χ0n) is 12.7. The summed E-state index contributed by atoms with van der Waals surface area (Å²) in [6, 6.07) is 17.7. The lowest BCUT2D eigenvalue weighted by molar-refractivity contribution is -0.124. The summed E-state index contributed by atoms with van der Waals surface area (Å²) in [6.07, 6.45) is -0.820. The summed E-state index contributed by atoms with van der Waals surface area (Å²) in [6.45, 7) is 1.39. The van der Waals surface area contributed by atoms with E-state index in [4.69, 9.17) is 4.98 Å². The van der Waals surface area contributed by atoms with Gasteiger partial charge in [-0.3, -0.25) is 9.78 Å². The highest BCUT2D eigenvalue weighted by Crippen LogP contribution is 2.34. The van der Waals surface area contributed by atoms with Crippen molar-refractivity contribution in [3.63, 3.8) is 0 Å². The van der Waals surface area contributed by atoms with E-state index in [-0.39, 0.29) is 12.2 Å². The highest BCUT2D eigenvalue weighted by molar-refractivity contribution is 9.10. The van der Waals surface area contributed by atoms with E-state index in [0.29, 0.717) is 0 Å². The topological polar surface area (TPSA) is 50.2 Å². The molecule has 0 amide bonds. The fourth-order valence-corrected chi connectivity index (χ4v) is 3.23. The van der Waals surface area contributed by atoms with Gasteiger partial charge in [0, 0.05) is 17.4 Å². The van der Waals surface area contributed by atoms with Crippen LogP contribution in [0.4, 0.5) is 0 Å². The van der Waals surface area contributed by atoms with Crippen LogP contribution in [0.1, 0.15) is 12.6 Å². The molecule has 1 atom stereocenters. The van der Waals surface area contributed by atoms with Crippen molar-refractivity contribution in [3.05, 3.63) is 64.8 Å². The van der Waals surface area contributed by atoms with Crippen molar-refractivity contribution in [2.24, 2.45) is 0 Å². The van der Waals surface area contributed by atoms with E-state index in [1.54, 1.807) is 0 Å². The average molecular weight is 370 g/mol. The van der Waals surface area contributed by atoms with Crippen molar-refractivity contribution in [1.29, 1.82) is 0 Å². The molecule has 0 bridgehead atoms. The summed E-state index contributed by atoms with van der Waals surface area (Å²) in [5.74, 6) is -0.250. The van der Waals surface area contributed by atoms with Gasteiger partial charge in [-0.25, -0.2) is 0 Å². The third-order valence-electron chi connectivity index (χ3n) is 3.83. The van der Waals surface area contributed by atoms with E-state index in [1.807, 2.05) is 54.6 Å². The van der Waals surface area contributed by atoms with Crippen LogP contribution in [-0.2, 0) is 11.2 Å². The smallest absolute Gasteiger partial charge is 0.158 e. The van der Waals surface area contributed by atoms with Gasteiger partial charge < -0.3 is 5.11 Å². The minimum absolute atomic E-state index is 0.211. The van der Waals surface area contributed by atoms with Crippen molar-refractivity contribution in [3.8, 4) is 11.3 Å². The molecule has 3 rings (SSSR count). The molecule has 1 N–H and O–H groups in total. The molecule has 4 heteroatoms. The zero-order chi connectivity index (χ0) is 16.4. The molecule has 23 heavy (non-hydrogen) atoms. The molecule has 0 saturated carbocycles. The van der Waals surface area contributed by atoms with Crippen LogP contribution in [-0.4, -0.2) is 22.0 Å². The first-order valence-corrected chi connectivity index (χ1v) is 8.18. The molecule has 0 spiro atoms. The fraction of sp³-hybridized carbons (Fsp3) is 0.158. The quantitative estimate of drug-likeness (QED) is 0.751. The molecular formula is C19H16BrNO2. The first-order chi connectivity index (χ1) is 11.1. The van der Waals surface area contributed by atoms with Gasteiger partial charge in [0.1, 0.15) is 6.10 Å². The van der Waals surface area contributed by atoms with Crippen molar-refractivity contribution in [1.82, 2.24) is 4.98 Å². The van der Waals surface area contributed by atoms with Crippen LogP contribution in [0.3, 0.4) is 0 Å². The summed E-state index contributed by atoms with van der Waals surface area (Å²) in [4.78, 5) is 16.2. The van der Waals surface area contributed by atoms with Crippen LogP contribution in [0.15, 0.2) is 59.1 Å². The number of hydrogen-bond acceptors (Lipinski definition) is 3. The number of aliphatic hydroxyl groups excluding tert-OH is 1. The first kappa shape index (κ1) is 15.8. The molecular weight excluding hydrogens is 354 g/mol. The van der Waals surface area contributed by atoms with Crippen LogP contribution >= 0.6 is 15.9 Å². The maximum atomic E-state index is 11.4. The van der Waals surface area contributed by atoms with E-state index in [1.165, 1.54) is 6.92 Å². The summed E-state index contributed by atoms with van der Waals surface area (Å²) in [5.41, 5.74) is 2.53. The Bertz CT molecular complexity index is 862. The molecule has 0 aliphatic rings. The molecule has 3 nitrogen and oxygen atoms in total. The van der Waals surface area contributed by atoms with Crippen LogP contribution in [0.5, 0.6) is 0 Å². The normalized spacial score (nSPS) is 12.3. The van der Waals surface area contributed by atoms with Crippen LogP contribution in [0.2, 0.25) is 0 Å². The number of ketones is 1. The molecule has 0 fully saturated rings. The molecule has 3 aromatic rings. The molecule has 0 saturated heterocycles. The van der Waals surface area contributed by atoms with Crippen molar-refractivity contribution >= 4 is 32.5 Å². The van der Waals surface area contributed by atoms with Gasteiger partial charge in [-0.1, -0.05) is 54.6 Å². The second-order valence-corrected chi connectivity index (χ2v) is 6.26. The van der Waals surface area contributed by atoms with Gasteiger partial charge in [-0.15, -0.1) is 0 Å². The number of Topliss-reactive ketones (excluding diaryl/α,β-unsaturated/α-hetero) is 1. The van der Waals surface area contributed by atoms with Crippen molar-refractivity contribution in [2.75, 3.05) is 0 Å². The SMILES string of the molecule is CC(=O)C(O)Cc1nc(-c2ccccc2)c(Br)c2ccccc12. The van der Waals surface area contributed by atoms with Gasteiger partial charge >= 0.3 is 0 Å². The number of nitrogens with zero attached hydrogens (tertiary/aromatic N) is 1. The predicted molar refractivity (Wildman–Crippen MR) is 95.3 cm³/mol. The lowest BCUT2D eigenvalue weighted by Gasteiger charge is -2.14. The van der Waals surface area contributed by atoms with Gasteiger partial charge in [-0.2, -0.15) is 0 Å². The monoisotopic (exact) mass is 369 g/mol. The largest absolute Gasteiger partial charge is 0.385 e. The average Bonchev–Trinajstić information content (AvgIpc) is 2.58. The standard InChI is InChI=1S/C19H16BrNO2/c1-12(22)17(23)11-16-14-9-5-6-10-15(14)18(20)19(21-16)13-7-3-2-4-8-13/h2-10,17,23H,11H2,1H3. The minimum Gasteiger partial charge on any atom is -0.385 e. The Kier molecular flexibility index (Phi) is 4.55. The Morgan fingerprint density at radius 2 is 1.70 bits per heavy atom. The Hall–Kier alpha value is -2.04. The fourth-order valence-electron chi connectivity index (χ4n) is 2.57. The maximum absolute atomic E-state index is 11.4. The van der Waals surface area contributed by atoms with Crippen LogP contribution in [0, 0.1) is 0 Å². The maximum Gasteiger partial charge on any atom is 0.158 e. The molecule has 1 heterocycles. The molecule has 0 aliphatic carbocycles. The number of carbonyl (C=O) groups excluding carboxylic acids is 1. The third kappa shape index (κ3) is 3.19. The number of aromatic nitrogens is 1. The lowest BCUT2D eigenvalue weighted by atomic mass is 10.0. The number of benzene rings is 2. The van der Waals surface area contributed by atoms with Gasteiger partial charge in [-0.05, 0) is 28.2 Å². The van der Waals surface area contributed by atoms with Gasteiger partial charge in [0.15, 0.2) is 5.78 Å². The first-order valence-electron chi connectivity index (χ1n) is 7.39. The lowest BCUT2D eigenvalue weighted by Crippen LogP contribution is -2.20. The predicted octanol–water partition coefficient (Wildman–Crippen LogP) is 4.16. The summed E-state index contributed by atoms with van der Waals surface area (Å²) in [7, 11) is 0. The van der Waals surface area contributed by atoms with Crippen LogP contribution in [0.25, 0.3) is 22.0 Å². The second kappa shape index (κ2) is 6.60. The van der Waals surface area contributed by atoms with E-state index in [0.717, 1.165) is 32.2 Å². The second-order valence-electron chi connectivity index (χ2n) is 5.46. The number of fused-ring (bicyclic) bond motifs is 1. The van der Waals surface area contributed by atoms with Gasteiger partial charge in [0.2, 0.25) is 0 Å². The zero-order valence-corrected chi connectivity index (χ0v) is 14.2. The molecule has 0 radical (unpaired) electrons. The molecule has 0 aliphatic heterocycles. The number of carbonyl (C=O) groups is 1. The van der Waals surface area contributed by atoms with Gasteiger partial charge in [0.05, 0.1) is 15.9 Å². The summed E-state index contributed by atoms with van der Waals surface area (Å²) in [5, 5.41) is 11.9. The number of halogens is 1. The Labute approximate surface area is 143 Å². The Morgan fingerprint density at radius 1 is 1.09 bits per heavy atom. The van der Waals surface area contributed by atoms with E-state index >= 15 is 0 Å². The molecule has 116 valence electrons. The van der Waals surface area contributed by atoms with Gasteiger partial charge in [0.25, 0.3) is 0 Å². The molecule has 2 aromatic carbocycles. The molecule has 1 unspecified atom stereocenters. The van der Waals surface area contributed by atoms with E-state index in [2.05, 4.69) is 15.9 Å².